The van der Waals surface area contributed by atoms with Crippen molar-refractivity contribution >= 4 is 40.2 Å². The predicted octanol–water partition coefficient (Wildman–Crippen LogP) is 5.60. The van der Waals surface area contributed by atoms with E-state index < -0.39 is 7.26 Å². The smallest absolute Gasteiger partial charge is 0.112 e. The fourth-order valence-electron chi connectivity index (χ4n) is 3.33. The SMILES string of the molecule is Br.CC(C)CC[P+](c1ccccc1)(c1ccccc1)c1ccccc1. The molecule has 0 fully saturated rings. The van der Waals surface area contributed by atoms with Gasteiger partial charge in [-0.2, -0.15) is 0 Å². The zero-order chi connectivity index (χ0) is 16.8. The van der Waals surface area contributed by atoms with Gasteiger partial charge in [0, 0.05) is 0 Å². The van der Waals surface area contributed by atoms with E-state index in [1.165, 1.54) is 28.5 Å². The summed E-state index contributed by atoms with van der Waals surface area (Å²) in [5.41, 5.74) is 0. The number of rotatable bonds is 6. The van der Waals surface area contributed by atoms with E-state index in [2.05, 4.69) is 105 Å². The molecular formula is C23H27BrP+. The molecule has 3 aromatic carbocycles. The Labute approximate surface area is 163 Å². The second-order valence-corrected chi connectivity index (χ2v) is 10.3. The van der Waals surface area contributed by atoms with E-state index in [1.54, 1.807) is 0 Å². The molecule has 0 unspecified atom stereocenters. The van der Waals surface area contributed by atoms with Crippen molar-refractivity contribution in [1.82, 2.24) is 0 Å². The summed E-state index contributed by atoms with van der Waals surface area (Å²) in [6.07, 6.45) is 2.47. The molecule has 2 heteroatoms. The van der Waals surface area contributed by atoms with Crippen molar-refractivity contribution in [2.24, 2.45) is 5.92 Å². The van der Waals surface area contributed by atoms with Crippen LogP contribution in [0, 0.1) is 5.92 Å². The third-order valence-corrected chi connectivity index (χ3v) is 9.10. The van der Waals surface area contributed by atoms with Crippen molar-refractivity contribution in [3.05, 3.63) is 91.0 Å². The molecule has 0 aliphatic heterocycles. The summed E-state index contributed by atoms with van der Waals surface area (Å²) in [7, 11) is -1.61. The minimum Gasteiger partial charge on any atom is -0.114 e. The van der Waals surface area contributed by atoms with Crippen LogP contribution < -0.4 is 15.9 Å². The third-order valence-electron chi connectivity index (χ3n) is 4.63. The molecule has 0 atom stereocenters. The van der Waals surface area contributed by atoms with Gasteiger partial charge >= 0.3 is 0 Å². The monoisotopic (exact) mass is 413 g/mol. The highest BCUT2D eigenvalue weighted by Gasteiger charge is 2.44. The first kappa shape index (κ1) is 19.9. The van der Waals surface area contributed by atoms with Crippen LogP contribution in [0.1, 0.15) is 20.3 Å². The summed E-state index contributed by atoms with van der Waals surface area (Å²) in [6.45, 7) is 4.66. The van der Waals surface area contributed by atoms with Gasteiger partial charge in [0.2, 0.25) is 0 Å². The predicted molar refractivity (Wildman–Crippen MR) is 120 cm³/mol. The minimum atomic E-state index is -1.61. The average molecular weight is 414 g/mol. The molecule has 0 aromatic heterocycles. The van der Waals surface area contributed by atoms with E-state index in [1.807, 2.05) is 0 Å². The summed E-state index contributed by atoms with van der Waals surface area (Å²) in [5.74, 6) is 0.709. The van der Waals surface area contributed by atoms with Crippen LogP contribution in [0.5, 0.6) is 0 Å². The molecule has 0 aliphatic rings. The van der Waals surface area contributed by atoms with Crippen molar-refractivity contribution in [2.75, 3.05) is 6.16 Å². The lowest BCUT2D eigenvalue weighted by atomic mass is 10.2. The largest absolute Gasteiger partial charge is 0.114 e. The van der Waals surface area contributed by atoms with Gasteiger partial charge in [-0.3, -0.25) is 0 Å². The summed E-state index contributed by atoms with van der Waals surface area (Å²) in [5, 5.41) is 4.47. The number of halogens is 1. The molecule has 0 N–H and O–H groups in total. The maximum absolute atomic E-state index is 2.33. The van der Waals surface area contributed by atoms with Crippen molar-refractivity contribution in [2.45, 2.75) is 20.3 Å². The Morgan fingerprint density at radius 2 is 0.920 bits per heavy atom. The van der Waals surface area contributed by atoms with Crippen LogP contribution in [0.3, 0.4) is 0 Å². The minimum absolute atomic E-state index is 0. The van der Waals surface area contributed by atoms with Gasteiger partial charge in [0.25, 0.3) is 0 Å². The Bertz CT molecular complexity index is 642. The maximum Gasteiger partial charge on any atom is 0.112 e. The lowest BCUT2D eigenvalue weighted by molar-refractivity contribution is 0.630. The Morgan fingerprint density at radius 1 is 0.600 bits per heavy atom. The molecule has 130 valence electrons. The van der Waals surface area contributed by atoms with E-state index in [4.69, 9.17) is 0 Å². The molecule has 0 aliphatic carbocycles. The molecule has 0 bridgehead atoms. The number of benzene rings is 3. The van der Waals surface area contributed by atoms with Crippen molar-refractivity contribution in [3.63, 3.8) is 0 Å². The normalized spacial score (nSPS) is 11.2. The molecule has 0 nitrogen and oxygen atoms in total. The van der Waals surface area contributed by atoms with Crippen LogP contribution in [-0.2, 0) is 0 Å². The summed E-state index contributed by atoms with van der Waals surface area (Å²) in [4.78, 5) is 0. The average Bonchev–Trinajstić information content (AvgIpc) is 2.65. The van der Waals surface area contributed by atoms with Crippen LogP contribution in [0.4, 0.5) is 0 Å². The molecule has 25 heavy (non-hydrogen) atoms. The molecule has 0 radical (unpaired) electrons. The van der Waals surface area contributed by atoms with E-state index in [-0.39, 0.29) is 17.0 Å². The second-order valence-electron chi connectivity index (χ2n) is 6.72. The van der Waals surface area contributed by atoms with Gasteiger partial charge in [-0.05, 0) is 48.7 Å². The Hall–Kier alpha value is -1.43. The number of hydrogen-bond acceptors (Lipinski definition) is 0. The highest BCUT2D eigenvalue weighted by Crippen LogP contribution is 2.56. The first-order chi connectivity index (χ1) is 11.7. The van der Waals surface area contributed by atoms with Gasteiger partial charge in [-0.25, -0.2) is 0 Å². The third kappa shape index (κ3) is 4.40. The van der Waals surface area contributed by atoms with Crippen molar-refractivity contribution < 1.29 is 0 Å². The van der Waals surface area contributed by atoms with Crippen LogP contribution in [0.15, 0.2) is 91.0 Å². The lowest BCUT2D eigenvalue weighted by Gasteiger charge is -2.28. The zero-order valence-electron chi connectivity index (χ0n) is 15.0. The summed E-state index contributed by atoms with van der Waals surface area (Å²) in [6, 6.07) is 33.4. The molecule has 3 rings (SSSR count). The fraction of sp³-hybridized carbons (Fsp3) is 0.217. The molecule has 3 aromatic rings. The lowest BCUT2D eigenvalue weighted by Crippen LogP contribution is -2.33. The van der Waals surface area contributed by atoms with Gasteiger partial charge in [0.1, 0.15) is 23.2 Å². The molecule has 0 amide bonds. The highest BCUT2D eigenvalue weighted by molar-refractivity contribution is 8.93. The molecule has 0 spiro atoms. The van der Waals surface area contributed by atoms with Crippen LogP contribution >= 0.6 is 24.2 Å². The highest BCUT2D eigenvalue weighted by atomic mass is 79.9. The van der Waals surface area contributed by atoms with Gasteiger partial charge < -0.3 is 0 Å². The quantitative estimate of drug-likeness (QED) is 0.461. The summed E-state index contributed by atoms with van der Waals surface area (Å²) >= 11 is 0. The van der Waals surface area contributed by atoms with Crippen molar-refractivity contribution in [1.29, 1.82) is 0 Å². The van der Waals surface area contributed by atoms with E-state index in [9.17, 15) is 0 Å². The van der Waals surface area contributed by atoms with E-state index in [0.717, 1.165) is 0 Å². The maximum atomic E-state index is 2.33. The standard InChI is InChI=1S/C23H26P.BrH/c1-20(2)18-19-24(21-12-6-3-7-13-21,22-14-8-4-9-15-22)23-16-10-5-11-17-23;/h3-17,20H,18-19H2,1-2H3;1H/q+1;. The molecular weight excluding hydrogens is 387 g/mol. The van der Waals surface area contributed by atoms with Gasteiger partial charge in [0.05, 0.1) is 6.16 Å². The fourth-order valence-corrected chi connectivity index (χ4v) is 7.95. The van der Waals surface area contributed by atoms with Crippen LogP contribution in [-0.4, -0.2) is 6.16 Å². The first-order valence-corrected chi connectivity index (χ1v) is 10.8. The van der Waals surface area contributed by atoms with Gasteiger partial charge in [-0.1, -0.05) is 68.4 Å². The van der Waals surface area contributed by atoms with Crippen LogP contribution in [0.25, 0.3) is 0 Å². The number of hydrogen-bond donors (Lipinski definition) is 0. The second kappa shape index (κ2) is 9.32. The van der Waals surface area contributed by atoms with Crippen molar-refractivity contribution in [3.8, 4) is 0 Å². The molecule has 0 saturated heterocycles. The van der Waals surface area contributed by atoms with Crippen LogP contribution in [0.2, 0.25) is 0 Å². The molecule has 0 heterocycles. The molecule has 0 saturated carbocycles. The van der Waals surface area contributed by atoms with E-state index >= 15 is 0 Å². The Kier molecular flexibility index (Phi) is 7.41. The topological polar surface area (TPSA) is 0 Å². The van der Waals surface area contributed by atoms with Gasteiger partial charge in [0.15, 0.2) is 0 Å². The van der Waals surface area contributed by atoms with Gasteiger partial charge in [-0.15, -0.1) is 17.0 Å². The Balaban J connectivity index is 0.00000225. The first-order valence-electron chi connectivity index (χ1n) is 8.78. The summed E-state index contributed by atoms with van der Waals surface area (Å²) < 4.78 is 0. The zero-order valence-corrected chi connectivity index (χ0v) is 17.6. The Morgan fingerprint density at radius 3 is 1.20 bits per heavy atom. The van der Waals surface area contributed by atoms with E-state index in [0.29, 0.717) is 5.92 Å².